The fourth-order valence-corrected chi connectivity index (χ4v) is 5.62. The molecule has 4 aromatic carbocycles. The molecule has 0 saturated carbocycles. The van der Waals surface area contributed by atoms with Crippen LogP contribution in [0.15, 0.2) is 82.8 Å². The first-order chi connectivity index (χ1) is 17.9. The van der Waals surface area contributed by atoms with E-state index in [4.69, 9.17) is 9.98 Å². The fourth-order valence-electron chi connectivity index (χ4n) is 5.62. The van der Waals surface area contributed by atoms with Gasteiger partial charge in [-0.2, -0.15) is 0 Å². The number of rotatable bonds is 5. The highest BCUT2D eigenvalue weighted by Gasteiger charge is 2.17. The average Bonchev–Trinajstić information content (AvgIpc) is 2.95. The van der Waals surface area contributed by atoms with Crippen molar-refractivity contribution < 1.29 is 0 Å². The van der Waals surface area contributed by atoms with Gasteiger partial charge >= 0.3 is 0 Å². The van der Waals surface area contributed by atoms with Gasteiger partial charge in [-0.1, -0.05) is 60.7 Å². The molecule has 4 aromatic rings. The van der Waals surface area contributed by atoms with Gasteiger partial charge in [0.05, 0.1) is 24.1 Å². The van der Waals surface area contributed by atoms with Crippen molar-refractivity contribution in [2.45, 2.75) is 38.5 Å². The Labute approximate surface area is 214 Å². The SMILES string of the molecule is C(=Nc1ccc2ccccc2c1-c1c(N=CN2CCCCC2)ccc2ccccc12)N1CCCCC1. The number of nitrogens with zero attached hydrogens (tertiary/aromatic N) is 4. The van der Waals surface area contributed by atoms with Crippen LogP contribution in [-0.2, 0) is 0 Å². The van der Waals surface area contributed by atoms with Gasteiger partial charge in [0.25, 0.3) is 0 Å². The first kappa shape index (κ1) is 22.8. The number of fused-ring (bicyclic) bond motifs is 2. The Morgan fingerprint density at radius 2 is 0.889 bits per heavy atom. The van der Waals surface area contributed by atoms with Gasteiger partial charge in [-0.3, -0.25) is 0 Å². The van der Waals surface area contributed by atoms with Crippen LogP contribution in [0.3, 0.4) is 0 Å². The molecule has 0 atom stereocenters. The third-order valence-electron chi connectivity index (χ3n) is 7.57. The van der Waals surface area contributed by atoms with Gasteiger partial charge in [0.1, 0.15) is 0 Å². The Morgan fingerprint density at radius 1 is 0.472 bits per heavy atom. The van der Waals surface area contributed by atoms with E-state index in [0.717, 1.165) is 37.6 Å². The molecule has 2 fully saturated rings. The van der Waals surface area contributed by atoms with Crippen LogP contribution in [0, 0.1) is 0 Å². The Bertz CT molecular complexity index is 1300. The van der Waals surface area contributed by atoms with Crippen LogP contribution in [0.25, 0.3) is 32.7 Å². The van der Waals surface area contributed by atoms with Crippen LogP contribution in [0.2, 0.25) is 0 Å². The van der Waals surface area contributed by atoms with E-state index in [1.54, 1.807) is 0 Å². The molecule has 0 bridgehead atoms. The minimum atomic E-state index is 1.00. The second-order valence-electron chi connectivity index (χ2n) is 10.0. The molecule has 2 heterocycles. The number of hydrogen-bond donors (Lipinski definition) is 0. The second kappa shape index (κ2) is 10.5. The maximum atomic E-state index is 5.09. The van der Waals surface area contributed by atoms with E-state index < -0.39 is 0 Å². The lowest BCUT2D eigenvalue weighted by atomic mass is 9.91. The highest BCUT2D eigenvalue weighted by molar-refractivity contribution is 6.13. The van der Waals surface area contributed by atoms with E-state index in [-0.39, 0.29) is 0 Å². The number of benzene rings is 4. The van der Waals surface area contributed by atoms with Crippen LogP contribution in [0.5, 0.6) is 0 Å². The zero-order chi connectivity index (χ0) is 24.2. The van der Waals surface area contributed by atoms with Gasteiger partial charge in [0.15, 0.2) is 0 Å². The summed E-state index contributed by atoms with van der Waals surface area (Å²) in [6.07, 6.45) is 11.7. The van der Waals surface area contributed by atoms with Gasteiger partial charge < -0.3 is 9.80 Å². The summed E-state index contributed by atoms with van der Waals surface area (Å²) in [5.74, 6) is 0. The van der Waals surface area contributed by atoms with Crippen molar-refractivity contribution in [2.75, 3.05) is 26.2 Å². The lowest BCUT2D eigenvalue weighted by Gasteiger charge is -2.24. The quantitative estimate of drug-likeness (QED) is 0.217. The van der Waals surface area contributed by atoms with Gasteiger partial charge in [0.2, 0.25) is 0 Å². The van der Waals surface area contributed by atoms with Crippen molar-refractivity contribution in [3.8, 4) is 11.1 Å². The molecule has 36 heavy (non-hydrogen) atoms. The Kier molecular flexibility index (Phi) is 6.66. The largest absolute Gasteiger partial charge is 0.363 e. The van der Waals surface area contributed by atoms with Crippen molar-refractivity contribution in [2.24, 2.45) is 9.98 Å². The number of aliphatic imine (C=N–C) groups is 2. The standard InChI is InChI=1S/C32H34N4/c1-7-19-35(20-8-1)23-33-29-17-15-25-11-3-5-13-27(25)31(29)32-28-14-6-4-12-26(28)16-18-30(32)34-24-36-21-9-2-10-22-36/h3-6,11-18,23-24H,1-2,7-10,19-22H2. The highest BCUT2D eigenvalue weighted by Crippen LogP contribution is 2.45. The summed E-state index contributed by atoms with van der Waals surface area (Å²) in [6.45, 7) is 4.36. The molecule has 0 N–H and O–H groups in total. The zero-order valence-electron chi connectivity index (χ0n) is 20.9. The average molecular weight is 475 g/mol. The number of likely N-dealkylation sites (tertiary alicyclic amines) is 2. The molecule has 2 aliphatic heterocycles. The summed E-state index contributed by atoms with van der Waals surface area (Å²) in [5, 5.41) is 4.89. The first-order valence-electron chi connectivity index (χ1n) is 13.5. The predicted octanol–water partition coefficient (Wildman–Crippen LogP) is 7.95. The smallest absolute Gasteiger partial charge is 0.0912 e. The van der Waals surface area contributed by atoms with Gasteiger partial charge in [-0.25, -0.2) is 9.98 Å². The Hall–Kier alpha value is -3.66. The van der Waals surface area contributed by atoms with Gasteiger partial charge in [-0.15, -0.1) is 0 Å². The summed E-state index contributed by atoms with van der Waals surface area (Å²) in [5.41, 5.74) is 4.35. The molecule has 0 unspecified atom stereocenters. The van der Waals surface area contributed by atoms with Crippen molar-refractivity contribution in [3.63, 3.8) is 0 Å². The van der Waals surface area contributed by atoms with E-state index in [0.29, 0.717) is 0 Å². The molecule has 0 spiro atoms. The highest BCUT2D eigenvalue weighted by atomic mass is 15.2. The van der Waals surface area contributed by atoms with Gasteiger partial charge in [0, 0.05) is 37.3 Å². The van der Waals surface area contributed by atoms with Gasteiger partial charge in [-0.05, 0) is 72.2 Å². The predicted molar refractivity (Wildman–Crippen MR) is 154 cm³/mol. The molecule has 2 saturated heterocycles. The third-order valence-corrected chi connectivity index (χ3v) is 7.57. The van der Waals surface area contributed by atoms with Crippen molar-refractivity contribution in [1.29, 1.82) is 0 Å². The number of hydrogen-bond acceptors (Lipinski definition) is 2. The maximum Gasteiger partial charge on any atom is 0.0912 e. The Morgan fingerprint density at radius 3 is 1.33 bits per heavy atom. The van der Waals surface area contributed by atoms with Crippen LogP contribution < -0.4 is 0 Å². The van der Waals surface area contributed by atoms with Crippen LogP contribution in [0.1, 0.15) is 38.5 Å². The van der Waals surface area contributed by atoms with E-state index in [1.807, 2.05) is 0 Å². The first-order valence-corrected chi connectivity index (χ1v) is 13.5. The van der Waals surface area contributed by atoms with Crippen LogP contribution in [-0.4, -0.2) is 48.7 Å². The molecule has 6 rings (SSSR count). The van der Waals surface area contributed by atoms with E-state index in [9.17, 15) is 0 Å². The number of piperidine rings is 2. The molecule has 4 heteroatoms. The maximum absolute atomic E-state index is 5.09. The monoisotopic (exact) mass is 474 g/mol. The topological polar surface area (TPSA) is 31.2 Å². The minimum Gasteiger partial charge on any atom is -0.363 e. The lowest BCUT2D eigenvalue weighted by Crippen LogP contribution is -2.28. The van der Waals surface area contributed by atoms with Crippen molar-refractivity contribution in [1.82, 2.24) is 9.80 Å². The van der Waals surface area contributed by atoms with Crippen molar-refractivity contribution in [3.05, 3.63) is 72.8 Å². The summed E-state index contributed by atoms with van der Waals surface area (Å²) in [7, 11) is 0. The molecular weight excluding hydrogens is 440 g/mol. The summed E-state index contributed by atoms with van der Waals surface area (Å²) < 4.78 is 0. The van der Waals surface area contributed by atoms with Crippen molar-refractivity contribution >= 4 is 45.6 Å². The fraction of sp³-hybridized carbons (Fsp3) is 0.312. The van der Waals surface area contributed by atoms with E-state index in [2.05, 4.69) is 95.3 Å². The van der Waals surface area contributed by atoms with E-state index in [1.165, 1.54) is 71.2 Å². The molecule has 4 nitrogen and oxygen atoms in total. The summed E-state index contributed by atoms with van der Waals surface area (Å²) in [4.78, 5) is 14.9. The summed E-state index contributed by atoms with van der Waals surface area (Å²) in [6, 6.07) is 26.1. The molecule has 0 aromatic heterocycles. The molecule has 0 aliphatic carbocycles. The second-order valence-corrected chi connectivity index (χ2v) is 10.0. The minimum absolute atomic E-state index is 1.00. The molecule has 182 valence electrons. The Balaban J connectivity index is 1.55. The molecule has 0 radical (unpaired) electrons. The molecule has 2 aliphatic rings. The summed E-state index contributed by atoms with van der Waals surface area (Å²) >= 11 is 0. The third kappa shape index (κ3) is 4.73. The molecular formula is C32H34N4. The van der Waals surface area contributed by atoms with Crippen LogP contribution in [0.4, 0.5) is 11.4 Å². The molecule has 0 amide bonds. The van der Waals surface area contributed by atoms with Crippen LogP contribution >= 0.6 is 0 Å². The van der Waals surface area contributed by atoms with E-state index >= 15 is 0 Å². The lowest BCUT2D eigenvalue weighted by molar-refractivity contribution is 0.351. The zero-order valence-corrected chi connectivity index (χ0v) is 20.9. The normalized spacial score (nSPS) is 17.1.